The molecule has 44 heavy (non-hydrogen) atoms. The van der Waals surface area contributed by atoms with Gasteiger partial charge in [-0.05, 0) is 64.9 Å². The SMILES string of the molecule is COc1ccc(N2C(=O)C3Sc4c(sc(=O)n4CC(=O)Nc4ccc5ccccc5c4)C(c4ccc(Br)cc4)C3C2=O)cc1. The summed E-state index contributed by atoms with van der Waals surface area (Å²) in [7, 11) is 1.55. The van der Waals surface area contributed by atoms with E-state index in [1.165, 1.54) is 21.2 Å². The van der Waals surface area contributed by atoms with Gasteiger partial charge in [0, 0.05) is 21.0 Å². The van der Waals surface area contributed by atoms with E-state index in [0.717, 1.165) is 32.1 Å². The second-order valence-corrected chi connectivity index (χ2v) is 13.6. The van der Waals surface area contributed by atoms with Crippen molar-refractivity contribution in [3.63, 3.8) is 0 Å². The average molecular weight is 687 g/mol. The van der Waals surface area contributed by atoms with Crippen LogP contribution in [0.2, 0.25) is 0 Å². The van der Waals surface area contributed by atoms with Crippen molar-refractivity contribution in [1.82, 2.24) is 4.57 Å². The number of carbonyl (C=O) groups is 3. The number of nitrogens with zero attached hydrogens (tertiary/aromatic N) is 2. The van der Waals surface area contributed by atoms with E-state index in [1.807, 2.05) is 66.7 Å². The molecule has 220 valence electrons. The first-order valence-electron chi connectivity index (χ1n) is 13.8. The molecular formula is C33H24BrN3O5S2. The molecular weight excluding hydrogens is 662 g/mol. The molecule has 3 heterocycles. The number of hydrogen-bond acceptors (Lipinski definition) is 7. The molecule has 2 aliphatic rings. The Kier molecular flexibility index (Phi) is 7.39. The Bertz CT molecular complexity index is 2010. The molecule has 2 aliphatic heterocycles. The minimum Gasteiger partial charge on any atom is -0.497 e. The lowest BCUT2D eigenvalue weighted by molar-refractivity contribution is -0.122. The molecule has 0 spiro atoms. The standard InChI is InChI=1S/C33H24BrN3O5S2/c1-42-24-14-12-23(13-15-24)37-30(39)27-26(19-6-9-21(34)10-7-19)29-32(43-28(27)31(37)40)36(33(41)44-29)17-25(38)35-22-11-8-18-4-2-3-5-20(18)16-22/h2-16,26-28H,17H2,1H3,(H,35,38). The molecule has 0 aliphatic carbocycles. The van der Waals surface area contributed by atoms with Gasteiger partial charge in [0.1, 0.15) is 17.5 Å². The average Bonchev–Trinajstić information content (AvgIpc) is 3.47. The monoisotopic (exact) mass is 685 g/mol. The third-order valence-electron chi connectivity index (χ3n) is 7.94. The highest BCUT2D eigenvalue weighted by Gasteiger charge is 2.56. The lowest BCUT2D eigenvalue weighted by Gasteiger charge is -2.30. The van der Waals surface area contributed by atoms with Crippen molar-refractivity contribution in [3.05, 3.63) is 116 Å². The van der Waals surface area contributed by atoms with Gasteiger partial charge in [0.05, 0.1) is 23.7 Å². The molecule has 3 amide bonds. The van der Waals surface area contributed by atoms with E-state index in [-0.39, 0.29) is 29.1 Å². The van der Waals surface area contributed by atoms with Crippen LogP contribution in [0.15, 0.2) is 105 Å². The molecule has 3 atom stereocenters. The van der Waals surface area contributed by atoms with Gasteiger partial charge in [0.25, 0.3) is 0 Å². The summed E-state index contributed by atoms with van der Waals surface area (Å²) in [5, 5.41) is 4.72. The lowest BCUT2D eigenvalue weighted by Crippen LogP contribution is -2.33. The minimum atomic E-state index is -0.769. The molecule has 1 fully saturated rings. The van der Waals surface area contributed by atoms with E-state index in [2.05, 4.69) is 21.2 Å². The Balaban J connectivity index is 1.25. The van der Waals surface area contributed by atoms with Crippen molar-refractivity contribution < 1.29 is 19.1 Å². The van der Waals surface area contributed by atoms with Crippen LogP contribution in [-0.2, 0) is 20.9 Å². The normalized spacial score (nSPS) is 19.1. The quantitative estimate of drug-likeness (QED) is 0.212. The van der Waals surface area contributed by atoms with E-state index in [9.17, 15) is 19.2 Å². The van der Waals surface area contributed by atoms with E-state index < -0.39 is 17.1 Å². The first-order valence-corrected chi connectivity index (χ1v) is 16.3. The fourth-order valence-electron chi connectivity index (χ4n) is 5.88. The van der Waals surface area contributed by atoms with Crippen molar-refractivity contribution in [2.75, 3.05) is 17.3 Å². The number of anilines is 2. The Hall–Kier alpha value is -4.19. The van der Waals surface area contributed by atoms with Crippen LogP contribution in [0.25, 0.3) is 10.8 Å². The maximum Gasteiger partial charge on any atom is 0.308 e. The summed E-state index contributed by atoms with van der Waals surface area (Å²) >= 11 is 5.69. The maximum atomic E-state index is 14.0. The summed E-state index contributed by atoms with van der Waals surface area (Å²) in [5.41, 5.74) is 1.90. The molecule has 1 aromatic heterocycles. The number of hydrogen-bond donors (Lipinski definition) is 1. The maximum absolute atomic E-state index is 14.0. The summed E-state index contributed by atoms with van der Waals surface area (Å²) < 4.78 is 7.54. The number of nitrogens with one attached hydrogen (secondary N) is 1. The van der Waals surface area contributed by atoms with Crippen molar-refractivity contribution in [3.8, 4) is 5.75 Å². The molecule has 4 aromatic carbocycles. The third-order valence-corrected chi connectivity index (χ3v) is 11.1. The van der Waals surface area contributed by atoms with E-state index in [4.69, 9.17) is 4.74 Å². The molecule has 0 saturated carbocycles. The van der Waals surface area contributed by atoms with Crippen LogP contribution in [0.3, 0.4) is 0 Å². The summed E-state index contributed by atoms with van der Waals surface area (Å²) in [6.07, 6.45) is 0. The summed E-state index contributed by atoms with van der Waals surface area (Å²) in [5.74, 6) is -1.68. The molecule has 7 rings (SSSR count). The number of rotatable bonds is 6. The summed E-state index contributed by atoms with van der Waals surface area (Å²) in [6, 6.07) is 27.9. The number of amides is 3. The highest BCUT2D eigenvalue weighted by atomic mass is 79.9. The van der Waals surface area contributed by atoms with E-state index in [0.29, 0.717) is 27.0 Å². The number of ether oxygens (including phenoxy) is 1. The van der Waals surface area contributed by atoms with E-state index >= 15 is 0 Å². The smallest absolute Gasteiger partial charge is 0.308 e. The Morgan fingerprint density at radius 1 is 0.909 bits per heavy atom. The van der Waals surface area contributed by atoms with Gasteiger partial charge in [0.2, 0.25) is 17.7 Å². The molecule has 1 N–H and O–H groups in total. The highest BCUT2D eigenvalue weighted by molar-refractivity contribution is 9.10. The van der Waals surface area contributed by atoms with E-state index in [1.54, 1.807) is 31.4 Å². The van der Waals surface area contributed by atoms with Gasteiger partial charge in [0.15, 0.2) is 0 Å². The topological polar surface area (TPSA) is 97.7 Å². The van der Waals surface area contributed by atoms with Crippen LogP contribution < -0.4 is 19.8 Å². The van der Waals surface area contributed by atoms with Crippen LogP contribution in [-0.4, -0.2) is 34.6 Å². The predicted octanol–water partition coefficient (Wildman–Crippen LogP) is 6.27. The molecule has 1 saturated heterocycles. The fourth-order valence-corrected chi connectivity index (χ4v) is 8.92. The van der Waals surface area contributed by atoms with Gasteiger partial charge in [-0.2, -0.15) is 0 Å². The number of methoxy groups -OCH3 is 1. The lowest BCUT2D eigenvalue weighted by atomic mass is 9.83. The third kappa shape index (κ3) is 4.94. The Morgan fingerprint density at radius 2 is 1.64 bits per heavy atom. The number of fused-ring (bicyclic) bond motifs is 3. The van der Waals surface area contributed by atoms with Crippen LogP contribution in [0.5, 0.6) is 5.75 Å². The molecule has 0 radical (unpaired) electrons. The number of thiazole rings is 1. The second-order valence-electron chi connectivity index (χ2n) is 10.5. The van der Waals surface area contributed by atoms with Gasteiger partial charge >= 0.3 is 4.87 Å². The minimum absolute atomic E-state index is 0.223. The van der Waals surface area contributed by atoms with Crippen LogP contribution in [0, 0.1) is 5.92 Å². The Labute approximate surface area is 268 Å². The number of benzene rings is 4. The van der Waals surface area contributed by atoms with Gasteiger partial charge in [-0.25, -0.2) is 4.90 Å². The number of thioether (sulfide) groups is 1. The van der Waals surface area contributed by atoms with Gasteiger partial charge < -0.3 is 10.1 Å². The van der Waals surface area contributed by atoms with Crippen LogP contribution >= 0.6 is 39.0 Å². The molecule has 8 nitrogen and oxygen atoms in total. The molecule has 0 bridgehead atoms. The van der Waals surface area contributed by atoms with Gasteiger partial charge in [-0.15, -0.1) is 0 Å². The number of carbonyl (C=O) groups excluding carboxylic acids is 3. The van der Waals surface area contributed by atoms with Gasteiger partial charge in [-0.3, -0.25) is 23.7 Å². The molecule has 3 unspecified atom stereocenters. The zero-order valence-corrected chi connectivity index (χ0v) is 26.4. The highest BCUT2D eigenvalue weighted by Crippen LogP contribution is 2.54. The number of aromatic nitrogens is 1. The predicted molar refractivity (Wildman–Crippen MR) is 176 cm³/mol. The second kappa shape index (κ2) is 11.4. The molecule has 11 heteroatoms. The van der Waals surface area contributed by atoms with Crippen molar-refractivity contribution in [1.29, 1.82) is 0 Å². The largest absolute Gasteiger partial charge is 0.497 e. The van der Waals surface area contributed by atoms with Crippen molar-refractivity contribution >= 4 is 78.9 Å². The summed E-state index contributed by atoms with van der Waals surface area (Å²) in [6.45, 7) is -0.223. The van der Waals surface area contributed by atoms with Crippen LogP contribution in [0.1, 0.15) is 16.4 Å². The van der Waals surface area contributed by atoms with Crippen molar-refractivity contribution in [2.45, 2.75) is 22.7 Å². The fraction of sp³-hybridized carbons (Fsp3) is 0.152. The van der Waals surface area contributed by atoms with Crippen LogP contribution in [0.4, 0.5) is 11.4 Å². The first kappa shape index (κ1) is 28.6. The number of imide groups is 1. The summed E-state index contributed by atoms with van der Waals surface area (Å²) in [4.78, 5) is 56.2. The first-order chi connectivity index (χ1) is 21.3. The zero-order chi connectivity index (χ0) is 30.5. The van der Waals surface area contributed by atoms with Crippen molar-refractivity contribution in [2.24, 2.45) is 5.92 Å². The molecule has 5 aromatic rings. The Morgan fingerprint density at radius 3 is 2.36 bits per heavy atom. The van der Waals surface area contributed by atoms with Gasteiger partial charge in [-0.1, -0.05) is 81.5 Å². The zero-order valence-electron chi connectivity index (χ0n) is 23.2. The number of halogens is 1.